The zero-order chi connectivity index (χ0) is 13.1. The summed E-state index contributed by atoms with van der Waals surface area (Å²) in [6.07, 6.45) is -0.172. The molecule has 1 heterocycles. The number of anilines is 1. The van der Waals surface area contributed by atoms with Crippen molar-refractivity contribution in [3.8, 4) is 0 Å². The number of nitrogens with one attached hydrogen (secondary N) is 3. The molecule has 0 aromatic heterocycles. The van der Waals surface area contributed by atoms with E-state index in [0.717, 1.165) is 0 Å². The molecule has 1 aliphatic rings. The fourth-order valence-corrected chi connectivity index (χ4v) is 1.53. The Bertz CT molecular complexity index is 501. The Labute approximate surface area is 102 Å². The van der Waals surface area contributed by atoms with Crippen molar-refractivity contribution in [1.29, 1.82) is 0 Å². The first-order valence-electron chi connectivity index (χ1n) is 5.21. The number of hydrogen-bond acceptors (Lipinski definition) is 3. The Morgan fingerprint density at radius 2 is 1.94 bits per heavy atom. The van der Waals surface area contributed by atoms with E-state index in [1.165, 1.54) is 24.3 Å². The Morgan fingerprint density at radius 3 is 2.50 bits per heavy atom. The second-order valence-electron chi connectivity index (χ2n) is 3.77. The number of carbonyl (C=O) groups is 3. The Balaban J connectivity index is 1.91. The molecule has 2 rings (SSSR count). The maximum atomic E-state index is 12.6. The molecule has 18 heavy (non-hydrogen) atoms. The topological polar surface area (TPSA) is 87.3 Å². The van der Waals surface area contributed by atoms with Crippen LogP contribution in [0.3, 0.4) is 0 Å². The van der Waals surface area contributed by atoms with Gasteiger partial charge in [-0.25, -0.2) is 9.18 Å². The molecule has 0 aliphatic carbocycles. The maximum absolute atomic E-state index is 12.6. The highest BCUT2D eigenvalue weighted by molar-refractivity contribution is 6.06. The van der Waals surface area contributed by atoms with Gasteiger partial charge >= 0.3 is 6.03 Å². The van der Waals surface area contributed by atoms with Gasteiger partial charge < -0.3 is 10.6 Å². The maximum Gasteiger partial charge on any atom is 0.322 e. The smallest absolute Gasteiger partial charge is 0.322 e. The molecule has 1 aromatic carbocycles. The monoisotopic (exact) mass is 251 g/mol. The van der Waals surface area contributed by atoms with Crippen molar-refractivity contribution < 1.29 is 18.8 Å². The highest BCUT2D eigenvalue weighted by Gasteiger charge is 2.31. The van der Waals surface area contributed by atoms with Crippen LogP contribution in [0.1, 0.15) is 6.42 Å². The summed E-state index contributed by atoms with van der Waals surface area (Å²) in [7, 11) is 0. The van der Waals surface area contributed by atoms with Crippen molar-refractivity contribution in [1.82, 2.24) is 10.6 Å². The lowest BCUT2D eigenvalue weighted by atomic mass is 10.2. The first kappa shape index (κ1) is 12.0. The zero-order valence-corrected chi connectivity index (χ0v) is 9.20. The van der Waals surface area contributed by atoms with Crippen LogP contribution in [0.4, 0.5) is 14.9 Å². The highest BCUT2D eigenvalue weighted by atomic mass is 19.1. The first-order chi connectivity index (χ1) is 8.54. The summed E-state index contributed by atoms with van der Waals surface area (Å²) < 4.78 is 12.6. The summed E-state index contributed by atoms with van der Waals surface area (Å²) in [4.78, 5) is 33.6. The van der Waals surface area contributed by atoms with Crippen LogP contribution >= 0.6 is 0 Å². The lowest BCUT2D eigenvalue weighted by Gasteiger charge is -2.08. The fraction of sp³-hybridized carbons (Fsp3) is 0.182. The van der Waals surface area contributed by atoms with Crippen molar-refractivity contribution in [3.63, 3.8) is 0 Å². The van der Waals surface area contributed by atoms with Crippen LogP contribution < -0.4 is 16.0 Å². The Kier molecular flexibility index (Phi) is 3.22. The van der Waals surface area contributed by atoms with Gasteiger partial charge in [-0.15, -0.1) is 0 Å². The van der Waals surface area contributed by atoms with Gasteiger partial charge in [0.1, 0.15) is 11.9 Å². The molecule has 4 amide bonds. The third-order valence-electron chi connectivity index (χ3n) is 2.38. The predicted molar refractivity (Wildman–Crippen MR) is 60.1 cm³/mol. The number of benzene rings is 1. The third-order valence-corrected chi connectivity index (χ3v) is 2.38. The molecule has 0 radical (unpaired) electrons. The lowest BCUT2D eigenvalue weighted by molar-refractivity contribution is -0.124. The molecule has 6 nitrogen and oxygen atoms in total. The van der Waals surface area contributed by atoms with E-state index in [1.54, 1.807) is 0 Å². The lowest BCUT2D eigenvalue weighted by Crippen LogP contribution is -2.33. The van der Waals surface area contributed by atoms with Crippen LogP contribution in [0.2, 0.25) is 0 Å². The van der Waals surface area contributed by atoms with Gasteiger partial charge in [-0.1, -0.05) is 0 Å². The zero-order valence-electron chi connectivity index (χ0n) is 9.20. The molecular weight excluding hydrogens is 241 g/mol. The molecule has 1 aliphatic heterocycles. The number of imide groups is 1. The van der Waals surface area contributed by atoms with Gasteiger partial charge in [0.25, 0.3) is 5.91 Å². The molecule has 1 fully saturated rings. The number of urea groups is 1. The van der Waals surface area contributed by atoms with Crippen molar-refractivity contribution in [2.75, 3.05) is 5.32 Å². The molecule has 1 aromatic rings. The normalized spacial score (nSPS) is 18.2. The third kappa shape index (κ3) is 2.82. The van der Waals surface area contributed by atoms with Gasteiger partial charge in [-0.05, 0) is 24.3 Å². The van der Waals surface area contributed by atoms with Crippen LogP contribution in [0.5, 0.6) is 0 Å². The molecule has 1 saturated heterocycles. The summed E-state index contributed by atoms with van der Waals surface area (Å²) in [6.45, 7) is 0. The molecule has 0 bridgehead atoms. The minimum absolute atomic E-state index is 0.172. The predicted octanol–water partition coefficient (Wildman–Crippen LogP) is 0.362. The average molecular weight is 251 g/mol. The second-order valence-corrected chi connectivity index (χ2v) is 3.77. The van der Waals surface area contributed by atoms with Crippen molar-refractivity contribution in [3.05, 3.63) is 30.1 Å². The SMILES string of the molecule is O=C(C[C@@H]1NC(=O)NC1=O)Nc1ccc(F)cc1. The molecule has 0 unspecified atom stereocenters. The van der Waals surface area contributed by atoms with Crippen molar-refractivity contribution in [2.45, 2.75) is 12.5 Å². The number of rotatable bonds is 3. The summed E-state index contributed by atoms with van der Waals surface area (Å²) in [5.74, 6) is -1.38. The van der Waals surface area contributed by atoms with Gasteiger partial charge in [0.15, 0.2) is 0 Å². The van der Waals surface area contributed by atoms with Crippen LogP contribution in [0, 0.1) is 5.82 Å². The molecule has 94 valence electrons. The number of halogens is 1. The van der Waals surface area contributed by atoms with Crippen LogP contribution in [0.25, 0.3) is 0 Å². The largest absolute Gasteiger partial charge is 0.326 e. The summed E-state index contributed by atoms with van der Waals surface area (Å²) in [6, 6.07) is 3.75. The molecule has 7 heteroatoms. The summed E-state index contributed by atoms with van der Waals surface area (Å²) in [5, 5.41) is 6.83. The minimum Gasteiger partial charge on any atom is -0.326 e. The number of carbonyl (C=O) groups excluding carboxylic acids is 3. The number of amides is 4. The molecule has 1 atom stereocenters. The van der Waals surface area contributed by atoms with E-state index in [0.29, 0.717) is 5.69 Å². The number of hydrogen-bond donors (Lipinski definition) is 3. The van der Waals surface area contributed by atoms with Gasteiger partial charge in [-0.2, -0.15) is 0 Å². The van der Waals surface area contributed by atoms with E-state index < -0.39 is 29.7 Å². The minimum atomic E-state index is -0.863. The average Bonchev–Trinajstić information content (AvgIpc) is 2.61. The van der Waals surface area contributed by atoms with Crippen LogP contribution in [-0.2, 0) is 9.59 Å². The van der Waals surface area contributed by atoms with E-state index >= 15 is 0 Å². The standard InChI is InChI=1S/C11H10FN3O3/c12-6-1-3-7(4-2-6)13-9(16)5-8-10(17)15-11(18)14-8/h1-4,8H,5H2,(H,13,16)(H2,14,15,17,18)/t8-/m0/s1. The first-order valence-corrected chi connectivity index (χ1v) is 5.21. The summed E-state index contributed by atoms with van der Waals surface area (Å²) in [5.41, 5.74) is 0.422. The molecule has 0 saturated carbocycles. The van der Waals surface area contributed by atoms with E-state index in [-0.39, 0.29) is 6.42 Å². The Hall–Kier alpha value is -2.44. The van der Waals surface area contributed by atoms with Crippen molar-refractivity contribution in [2.24, 2.45) is 0 Å². The molecular formula is C11H10FN3O3. The summed E-state index contributed by atoms with van der Waals surface area (Å²) >= 11 is 0. The Morgan fingerprint density at radius 1 is 1.28 bits per heavy atom. The molecule has 3 N–H and O–H groups in total. The van der Waals surface area contributed by atoms with Gasteiger partial charge in [-0.3, -0.25) is 14.9 Å². The quantitative estimate of drug-likeness (QED) is 0.678. The molecule has 0 spiro atoms. The second kappa shape index (κ2) is 4.82. The van der Waals surface area contributed by atoms with Crippen molar-refractivity contribution >= 4 is 23.5 Å². The van der Waals surface area contributed by atoms with Gasteiger partial charge in [0.2, 0.25) is 5.91 Å². The van der Waals surface area contributed by atoms with E-state index in [1.807, 2.05) is 5.32 Å². The van der Waals surface area contributed by atoms with Crippen LogP contribution in [0.15, 0.2) is 24.3 Å². The van der Waals surface area contributed by atoms with E-state index in [9.17, 15) is 18.8 Å². The van der Waals surface area contributed by atoms with Gasteiger partial charge in [0, 0.05) is 5.69 Å². The fourth-order valence-electron chi connectivity index (χ4n) is 1.53. The van der Waals surface area contributed by atoms with E-state index in [2.05, 4.69) is 10.6 Å². The van der Waals surface area contributed by atoms with Crippen LogP contribution in [-0.4, -0.2) is 23.9 Å². The van der Waals surface area contributed by atoms with E-state index in [4.69, 9.17) is 0 Å². The van der Waals surface area contributed by atoms with Gasteiger partial charge in [0.05, 0.1) is 6.42 Å². The highest BCUT2D eigenvalue weighted by Crippen LogP contribution is 2.09.